The average molecular weight is 500 g/mol. The summed E-state index contributed by atoms with van der Waals surface area (Å²) in [7, 11) is 0. The number of pyridine rings is 1. The van der Waals surface area contributed by atoms with Crippen LogP contribution >= 0.6 is 11.6 Å². The van der Waals surface area contributed by atoms with E-state index in [0.29, 0.717) is 17.5 Å². The molecule has 0 radical (unpaired) electrons. The first-order valence-corrected chi connectivity index (χ1v) is 13.6. The lowest BCUT2D eigenvalue weighted by Gasteiger charge is -2.42. The highest BCUT2D eigenvalue weighted by Gasteiger charge is 2.30. The Balaban J connectivity index is 1.38. The van der Waals surface area contributed by atoms with Crippen LogP contribution in [0.5, 0.6) is 0 Å². The van der Waals surface area contributed by atoms with E-state index in [0.717, 1.165) is 68.2 Å². The van der Waals surface area contributed by atoms with Crippen molar-refractivity contribution in [3.63, 3.8) is 0 Å². The zero-order valence-electron chi connectivity index (χ0n) is 21.0. The molecule has 3 fully saturated rings. The van der Waals surface area contributed by atoms with Gasteiger partial charge in [0, 0.05) is 70.2 Å². The van der Waals surface area contributed by atoms with Gasteiger partial charge in [0.15, 0.2) is 0 Å². The molecule has 0 spiro atoms. The molecule has 35 heavy (non-hydrogen) atoms. The average Bonchev–Trinajstić information content (AvgIpc) is 3.30. The summed E-state index contributed by atoms with van der Waals surface area (Å²) >= 11 is 6.58. The van der Waals surface area contributed by atoms with Crippen LogP contribution in [0.15, 0.2) is 18.3 Å². The Labute approximate surface area is 213 Å². The standard InChI is InChI=1S/C26H38ClN7O/c1-19-7-6-11-34(19)26-29-23(31-9-4-3-5-10-31)16-24(30-26)33-13-12-32(18-20(33)2)25-22(27)15-21(8-14-35)17-28-25/h15-17,19-20,35H,3-14,18H2,1-2H3. The van der Waals surface area contributed by atoms with Gasteiger partial charge in [0.25, 0.3) is 0 Å². The Kier molecular flexibility index (Phi) is 7.48. The molecule has 2 atom stereocenters. The van der Waals surface area contributed by atoms with E-state index in [2.05, 4.69) is 44.5 Å². The third-order valence-corrected chi connectivity index (χ3v) is 7.96. The molecule has 5 rings (SSSR count). The van der Waals surface area contributed by atoms with E-state index in [9.17, 15) is 5.11 Å². The molecule has 3 aliphatic rings. The van der Waals surface area contributed by atoms with Crippen molar-refractivity contribution >= 4 is 35.0 Å². The molecule has 0 bridgehead atoms. The first-order valence-electron chi connectivity index (χ1n) is 13.2. The van der Waals surface area contributed by atoms with Crippen molar-refractivity contribution in [2.24, 2.45) is 0 Å². The Morgan fingerprint density at radius 2 is 1.69 bits per heavy atom. The van der Waals surface area contributed by atoms with Gasteiger partial charge in [-0.1, -0.05) is 11.6 Å². The predicted octanol–water partition coefficient (Wildman–Crippen LogP) is 3.75. The van der Waals surface area contributed by atoms with E-state index in [4.69, 9.17) is 21.6 Å². The van der Waals surface area contributed by atoms with Crippen molar-refractivity contribution in [1.29, 1.82) is 0 Å². The second-order valence-electron chi connectivity index (χ2n) is 10.2. The predicted molar refractivity (Wildman–Crippen MR) is 143 cm³/mol. The largest absolute Gasteiger partial charge is 0.396 e. The van der Waals surface area contributed by atoms with Crippen LogP contribution < -0.4 is 19.6 Å². The van der Waals surface area contributed by atoms with Gasteiger partial charge in [-0.25, -0.2) is 4.98 Å². The van der Waals surface area contributed by atoms with Gasteiger partial charge < -0.3 is 24.7 Å². The van der Waals surface area contributed by atoms with Crippen molar-refractivity contribution in [2.45, 2.75) is 64.5 Å². The number of aromatic nitrogens is 3. The first kappa shape index (κ1) is 24.4. The molecular formula is C26H38ClN7O. The minimum atomic E-state index is 0.101. The number of rotatable bonds is 6. The van der Waals surface area contributed by atoms with Crippen LogP contribution in [-0.4, -0.2) is 78.0 Å². The van der Waals surface area contributed by atoms with Gasteiger partial charge in [0.2, 0.25) is 5.95 Å². The number of piperazine rings is 1. The Morgan fingerprint density at radius 3 is 2.37 bits per heavy atom. The van der Waals surface area contributed by atoms with E-state index in [-0.39, 0.29) is 12.6 Å². The topological polar surface area (TPSA) is 71.9 Å². The number of hydrogen-bond donors (Lipinski definition) is 1. The number of halogens is 1. The molecule has 5 heterocycles. The maximum Gasteiger partial charge on any atom is 0.229 e. The van der Waals surface area contributed by atoms with E-state index < -0.39 is 0 Å². The third-order valence-electron chi connectivity index (χ3n) is 7.68. The number of nitrogens with zero attached hydrogens (tertiary/aromatic N) is 7. The lowest BCUT2D eigenvalue weighted by molar-refractivity contribution is 0.299. The summed E-state index contributed by atoms with van der Waals surface area (Å²) in [5, 5.41) is 9.85. The Hall–Kier alpha value is -2.32. The normalized spacial score (nSPS) is 23.3. The molecular weight excluding hydrogens is 462 g/mol. The molecule has 3 aliphatic heterocycles. The quantitative estimate of drug-likeness (QED) is 0.644. The summed E-state index contributed by atoms with van der Waals surface area (Å²) < 4.78 is 0. The fourth-order valence-corrected chi connectivity index (χ4v) is 5.97. The van der Waals surface area contributed by atoms with Crippen molar-refractivity contribution in [3.05, 3.63) is 28.9 Å². The SMILES string of the molecule is CC1CN(c2ncc(CCO)cc2Cl)CCN1c1cc(N2CCCCC2)nc(N2CCCC2C)n1. The van der Waals surface area contributed by atoms with Gasteiger partial charge in [-0.15, -0.1) is 0 Å². The summed E-state index contributed by atoms with van der Waals surface area (Å²) in [4.78, 5) is 24.3. The van der Waals surface area contributed by atoms with Crippen molar-refractivity contribution in [3.8, 4) is 0 Å². The highest BCUT2D eigenvalue weighted by atomic mass is 35.5. The fraction of sp³-hybridized carbons (Fsp3) is 0.654. The molecule has 0 aromatic carbocycles. The van der Waals surface area contributed by atoms with Crippen LogP contribution in [-0.2, 0) is 6.42 Å². The van der Waals surface area contributed by atoms with Crippen LogP contribution in [0.25, 0.3) is 0 Å². The minimum absolute atomic E-state index is 0.101. The van der Waals surface area contributed by atoms with Crippen molar-refractivity contribution in [1.82, 2.24) is 15.0 Å². The van der Waals surface area contributed by atoms with E-state index in [1.165, 1.54) is 32.1 Å². The maximum atomic E-state index is 9.20. The second-order valence-corrected chi connectivity index (χ2v) is 10.6. The number of anilines is 4. The number of aliphatic hydroxyl groups is 1. The monoisotopic (exact) mass is 499 g/mol. The van der Waals surface area contributed by atoms with E-state index in [1.807, 2.05) is 12.3 Å². The number of piperidine rings is 1. The van der Waals surface area contributed by atoms with Gasteiger partial charge in [-0.05, 0) is 64.0 Å². The third kappa shape index (κ3) is 5.28. The maximum absolute atomic E-state index is 9.20. The highest BCUT2D eigenvalue weighted by Crippen LogP contribution is 2.32. The molecule has 2 aromatic rings. The van der Waals surface area contributed by atoms with Crippen LogP contribution in [0.4, 0.5) is 23.4 Å². The first-order chi connectivity index (χ1) is 17.0. The molecule has 1 N–H and O–H groups in total. The zero-order chi connectivity index (χ0) is 24.4. The fourth-order valence-electron chi connectivity index (χ4n) is 5.66. The summed E-state index contributed by atoms with van der Waals surface area (Å²) in [6.45, 7) is 10.3. The molecule has 2 unspecified atom stereocenters. The summed E-state index contributed by atoms with van der Waals surface area (Å²) in [5.74, 6) is 3.80. The molecule has 0 amide bonds. The molecule has 9 heteroatoms. The van der Waals surface area contributed by atoms with Crippen LogP contribution in [0.1, 0.15) is 51.5 Å². The van der Waals surface area contributed by atoms with E-state index in [1.54, 1.807) is 0 Å². The van der Waals surface area contributed by atoms with Gasteiger partial charge in [0.1, 0.15) is 17.5 Å². The minimum Gasteiger partial charge on any atom is -0.396 e. The molecule has 0 aliphatic carbocycles. The lowest BCUT2D eigenvalue weighted by Crippen LogP contribution is -2.53. The van der Waals surface area contributed by atoms with Gasteiger partial charge in [0.05, 0.1) is 5.02 Å². The molecule has 190 valence electrons. The lowest BCUT2D eigenvalue weighted by atomic mass is 10.1. The molecule has 0 saturated carbocycles. The number of hydrogen-bond acceptors (Lipinski definition) is 8. The summed E-state index contributed by atoms with van der Waals surface area (Å²) in [6.07, 6.45) is 8.57. The van der Waals surface area contributed by atoms with Gasteiger partial charge in [-0.2, -0.15) is 9.97 Å². The smallest absolute Gasteiger partial charge is 0.229 e. The summed E-state index contributed by atoms with van der Waals surface area (Å²) in [6, 6.07) is 4.87. The van der Waals surface area contributed by atoms with Gasteiger partial charge in [-0.3, -0.25) is 0 Å². The summed E-state index contributed by atoms with van der Waals surface area (Å²) in [5.41, 5.74) is 0.961. The van der Waals surface area contributed by atoms with Crippen LogP contribution in [0.2, 0.25) is 5.02 Å². The van der Waals surface area contributed by atoms with E-state index >= 15 is 0 Å². The van der Waals surface area contributed by atoms with Gasteiger partial charge >= 0.3 is 0 Å². The molecule has 8 nitrogen and oxygen atoms in total. The molecule has 3 saturated heterocycles. The van der Waals surface area contributed by atoms with Crippen molar-refractivity contribution < 1.29 is 5.11 Å². The number of aliphatic hydroxyl groups excluding tert-OH is 1. The molecule has 2 aromatic heterocycles. The second kappa shape index (κ2) is 10.7. The van der Waals surface area contributed by atoms with Crippen molar-refractivity contribution in [2.75, 3.05) is 65.5 Å². The highest BCUT2D eigenvalue weighted by molar-refractivity contribution is 6.33. The zero-order valence-corrected chi connectivity index (χ0v) is 21.8. The Bertz CT molecular complexity index is 1020. The van der Waals surface area contributed by atoms with Crippen LogP contribution in [0, 0.1) is 0 Å². The Morgan fingerprint density at radius 1 is 0.886 bits per heavy atom. The van der Waals surface area contributed by atoms with Crippen LogP contribution in [0.3, 0.4) is 0 Å².